The smallest absolute Gasteiger partial charge is 0.173 e. The van der Waals surface area contributed by atoms with Crippen LogP contribution in [0.2, 0.25) is 0 Å². The van der Waals surface area contributed by atoms with E-state index in [1.54, 1.807) is 0 Å². The predicted molar refractivity (Wildman–Crippen MR) is 38.0 cm³/mol. The summed E-state index contributed by atoms with van der Waals surface area (Å²) in [6.07, 6.45) is -6.59. The van der Waals surface area contributed by atoms with Crippen molar-refractivity contribution in [1.82, 2.24) is 0 Å². The Morgan fingerprint density at radius 1 is 1.33 bits per heavy atom. The number of hydrogen-bond acceptors (Lipinski definition) is 6. The molecule has 0 amide bonds. The molecule has 6 heteroatoms. The molecule has 0 aromatic carbocycles. The molecule has 6 N–H and O–H groups in total. The van der Waals surface area contributed by atoms with E-state index in [4.69, 9.17) is 18.7 Å². The van der Waals surface area contributed by atoms with Crippen LogP contribution < -0.4 is 5.73 Å². The van der Waals surface area contributed by atoms with Gasteiger partial charge in [-0.1, -0.05) is 0 Å². The predicted octanol–water partition coefficient (Wildman–Crippen LogP) is -3.25. The number of hydrogen-bond donors (Lipinski definition) is 5. The van der Waals surface area contributed by atoms with Gasteiger partial charge in [-0.25, -0.2) is 0 Å². The van der Waals surface area contributed by atoms with Crippen LogP contribution in [-0.4, -0.2) is 57.6 Å². The van der Waals surface area contributed by atoms with Crippen LogP contribution in [0.1, 0.15) is 2.74 Å². The number of rotatable bonds is 1. The molecule has 1 heterocycles. The summed E-state index contributed by atoms with van der Waals surface area (Å²) in [5, 5.41) is 36.6. The lowest BCUT2D eigenvalue weighted by Crippen LogP contribution is -2.61. The molecule has 0 bridgehead atoms. The minimum absolute atomic E-state index is 1.23. The van der Waals surface area contributed by atoms with Gasteiger partial charge in [-0.2, -0.15) is 0 Å². The number of aliphatic hydroxyl groups is 4. The number of aliphatic hydroxyl groups excluding tert-OH is 3. The van der Waals surface area contributed by atoms with Crippen LogP contribution in [0.5, 0.6) is 0 Å². The Morgan fingerprint density at radius 3 is 2.42 bits per heavy atom. The molecular weight excluding hydrogens is 166 g/mol. The average Bonchev–Trinajstić information content (AvgIpc) is 2.06. The van der Waals surface area contributed by atoms with Crippen molar-refractivity contribution in [3.05, 3.63) is 0 Å². The maximum Gasteiger partial charge on any atom is 0.173 e. The second-order valence-corrected chi connectivity index (χ2v) is 2.63. The van der Waals surface area contributed by atoms with E-state index in [1.807, 2.05) is 0 Å². The van der Waals surface area contributed by atoms with Crippen LogP contribution in [0.3, 0.4) is 0 Å². The van der Waals surface area contributed by atoms with Gasteiger partial charge in [0.1, 0.15) is 18.3 Å². The Bertz CT molecular complexity index is 211. The van der Waals surface area contributed by atoms with Crippen LogP contribution in [-0.2, 0) is 4.74 Å². The van der Waals surface area contributed by atoms with Gasteiger partial charge >= 0.3 is 0 Å². The molecule has 0 spiro atoms. The molecule has 1 aliphatic heterocycles. The topological polar surface area (TPSA) is 116 Å². The molecule has 0 aromatic rings. The van der Waals surface area contributed by atoms with E-state index in [1.165, 1.54) is 0 Å². The molecule has 0 aliphatic carbocycles. The zero-order chi connectivity index (χ0) is 11.1. The molecule has 72 valence electrons. The number of nitrogens with two attached hydrogens (primary N) is 1. The third-order valence-corrected chi connectivity index (χ3v) is 1.80. The van der Waals surface area contributed by atoms with Crippen LogP contribution in [0.4, 0.5) is 0 Å². The Hall–Kier alpha value is -0.240. The van der Waals surface area contributed by atoms with Gasteiger partial charge in [-0.3, -0.25) is 0 Å². The standard InChI is InChI=1S/C6H13NO5/c7-3-5(10)4(9)2(1-8)12-6(3)11/h2-6,8-11H,1,7H2/t2-,3-,4-,5-,6?/m1/s1/i1D2. The van der Waals surface area contributed by atoms with Crippen molar-refractivity contribution >= 4 is 0 Å². The molecule has 1 unspecified atom stereocenters. The molecule has 1 rings (SSSR count). The van der Waals surface area contributed by atoms with Crippen LogP contribution in [0.15, 0.2) is 0 Å². The van der Waals surface area contributed by atoms with Crippen LogP contribution in [0.25, 0.3) is 0 Å². The lowest BCUT2D eigenvalue weighted by molar-refractivity contribution is -0.248. The Kier molecular flexibility index (Phi) is 2.19. The third-order valence-electron chi connectivity index (χ3n) is 1.80. The van der Waals surface area contributed by atoms with Crippen LogP contribution in [0, 0.1) is 0 Å². The SMILES string of the molecule is [2H]C([2H])(O)[C@H]1OC(O)[C@H](N)[C@@H](O)[C@@H]1O. The zero-order valence-electron chi connectivity index (χ0n) is 8.16. The summed E-state index contributed by atoms with van der Waals surface area (Å²) in [6, 6.07) is -1.23. The molecule has 6 nitrogen and oxygen atoms in total. The highest BCUT2D eigenvalue weighted by Gasteiger charge is 2.41. The summed E-state index contributed by atoms with van der Waals surface area (Å²) in [5.74, 6) is 0. The second-order valence-electron chi connectivity index (χ2n) is 2.63. The third kappa shape index (κ3) is 1.58. The monoisotopic (exact) mass is 181 g/mol. The Morgan fingerprint density at radius 2 is 1.92 bits per heavy atom. The van der Waals surface area contributed by atoms with Gasteiger partial charge in [0.15, 0.2) is 6.29 Å². The zero-order valence-corrected chi connectivity index (χ0v) is 6.16. The highest BCUT2D eigenvalue weighted by atomic mass is 16.6. The van der Waals surface area contributed by atoms with Gasteiger partial charge in [0.05, 0.1) is 15.3 Å². The van der Waals surface area contributed by atoms with Gasteiger partial charge in [0, 0.05) is 0 Å². The summed E-state index contributed by atoms with van der Waals surface area (Å²) < 4.78 is 18.3. The van der Waals surface area contributed by atoms with Crippen molar-refractivity contribution in [2.45, 2.75) is 30.6 Å². The largest absolute Gasteiger partial charge is 0.394 e. The van der Waals surface area contributed by atoms with Crippen molar-refractivity contribution < 1.29 is 27.9 Å². The molecule has 5 atom stereocenters. The lowest BCUT2D eigenvalue weighted by Gasteiger charge is -2.38. The maximum absolute atomic E-state index is 9.30. The van der Waals surface area contributed by atoms with Crippen LogP contribution >= 0.6 is 0 Å². The van der Waals surface area contributed by atoms with Crippen molar-refractivity contribution in [3.8, 4) is 0 Å². The highest BCUT2D eigenvalue weighted by Crippen LogP contribution is 2.17. The lowest BCUT2D eigenvalue weighted by atomic mass is 9.98. The molecule has 0 radical (unpaired) electrons. The van der Waals surface area contributed by atoms with E-state index in [-0.39, 0.29) is 0 Å². The molecular formula is C6H13NO5. The second kappa shape index (κ2) is 3.65. The summed E-state index contributed by atoms with van der Waals surface area (Å²) in [5.41, 5.74) is 5.23. The fourth-order valence-corrected chi connectivity index (χ4v) is 1.00. The molecule has 0 aromatic heterocycles. The first-order valence-electron chi connectivity index (χ1n) is 4.42. The van der Waals surface area contributed by atoms with E-state index in [2.05, 4.69) is 4.74 Å². The van der Waals surface area contributed by atoms with E-state index in [0.717, 1.165) is 0 Å². The van der Waals surface area contributed by atoms with Gasteiger partial charge in [-0.05, 0) is 0 Å². The minimum Gasteiger partial charge on any atom is -0.394 e. The highest BCUT2D eigenvalue weighted by molar-refractivity contribution is 4.90. The van der Waals surface area contributed by atoms with Gasteiger partial charge < -0.3 is 30.9 Å². The van der Waals surface area contributed by atoms with Crippen molar-refractivity contribution in [2.75, 3.05) is 6.56 Å². The molecule has 1 aliphatic rings. The quantitative estimate of drug-likeness (QED) is 0.290. The van der Waals surface area contributed by atoms with E-state index in [0.29, 0.717) is 0 Å². The molecule has 12 heavy (non-hydrogen) atoms. The van der Waals surface area contributed by atoms with Crippen molar-refractivity contribution in [2.24, 2.45) is 5.73 Å². The van der Waals surface area contributed by atoms with Gasteiger partial charge in [0.2, 0.25) is 0 Å². The summed E-state index contributed by atoms with van der Waals surface area (Å²) >= 11 is 0. The van der Waals surface area contributed by atoms with E-state index >= 15 is 0 Å². The van der Waals surface area contributed by atoms with Gasteiger partial charge in [0.25, 0.3) is 0 Å². The Balaban J connectivity index is 2.81. The first-order chi connectivity index (χ1) is 6.25. The fourth-order valence-electron chi connectivity index (χ4n) is 1.00. The first-order valence-corrected chi connectivity index (χ1v) is 3.42. The number of ether oxygens (including phenoxy) is 1. The maximum atomic E-state index is 9.30. The van der Waals surface area contributed by atoms with Crippen molar-refractivity contribution in [1.29, 1.82) is 0 Å². The average molecular weight is 181 g/mol. The minimum atomic E-state index is -2.86. The van der Waals surface area contributed by atoms with Crippen molar-refractivity contribution in [3.63, 3.8) is 0 Å². The first kappa shape index (κ1) is 7.19. The van der Waals surface area contributed by atoms with Gasteiger partial charge in [-0.15, -0.1) is 0 Å². The normalized spacial score (nSPS) is 52.9. The molecule has 1 fully saturated rings. The summed E-state index contributed by atoms with van der Waals surface area (Å²) in [6.45, 7) is -2.86. The summed E-state index contributed by atoms with van der Waals surface area (Å²) in [4.78, 5) is 0. The Labute approximate surface area is 72.0 Å². The fraction of sp³-hybridized carbons (Fsp3) is 1.00. The summed E-state index contributed by atoms with van der Waals surface area (Å²) in [7, 11) is 0. The van der Waals surface area contributed by atoms with E-state index in [9.17, 15) is 10.2 Å². The molecule has 1 saturated heterocycles. The van der Waals surface area contributed by atoms with E-state index < -0.39 is 37.2 Å². The molecule has 0 saturated carbocycles.